The van der Waals surface area contributed by atoms with Crippen LogP contribution in [0, 0.1) is 5.92 Å². The van der Waals surface area contributed by atoms with Crippen LogP contribution in [0.1, 0.15) is 43.2 Å². The van der Waals surface area contributed by atoms with Crippen LogP contribution in [0.5, 0.6) is 0 Å². The van der Waals surface area contributed by atoms with E-state index in [1.165, 1.54) is 32.4 Å². The number of benzene rings is 1. The van der Waals surface area contributed by atoms with Gasteiger partial charge in [-0.25, -0.2) is 0 Å². The smallest absolute Gasteiger partial charge is 0.289 e. The van der Waals surface area contributed by atoms with Gasteiger partial charge in [-0.2, -0.15) is 0 Å². The molecule has 2 saturated heterocycles. The third-order valence-electron chi connectivity index (χ3n) is 6.14. The Morgan fingerprint density at radius 3 is 2.78 bits per heavy atom. The Morgan fingerprint density at radius 1 is 1.15 bits per heavy atom. The number of fused-ring (bicyclic) bond motifs is 1. The lowest BCUT2D eigenvalue weighted by atomic mass is 9.96. The van der Waals surface area contributed by atoms with Gasteiger partial charge >= 0.3 is 0 Å². The lowest BCUT2D eigenvalue weighted by Gasteiger charge is -2.33. The summed E-state index contributed by atoms with van der Waals surface area (Å²) < 4.78 is 11.7. The van der Waals surface area contributed by atoms with Crippen LogP contribution in [0.3, 0.4) is 0 Å². The first-order valence-corrected chi connectivity index (χ1v) is 10.3. The van der Waals surface area contributed by atoms with E-state index in [1.807, 2.05) is 35.2 Å². The number of carbonyl (C=O) groups is 1. The van der Waals surface area contributed by atoms with Gasteiger partial charge in [-0.15, -0.1) is 0 Å². The van der Waals surface area contributed by atoms with Crippen LogP contribution in [0.4, 0.5) is 0 Å². The van der Waals surface area contributed by atoms with Gasteiger partial charge in [-0.1, -0.05) is 24.6 Å². The quantitative estimate of drug-likeness (QED) is 0.822. The minimum absolute atomic E-state index is 0.0211. The Kier molecular flexibility index (Phi) is 5.79. The lowest BCUT2D eigenvalue weighted by molar-refractivity contribution is 0.0619. The van der Waals surface area contributed by atoms with E-state index in [0.717, 1.165) is 30.5 Å². The molecule has 3 heterocycles. The summed E-state index contributed by atoms with van der Waals surface area (Å²) in [4.78, 5) is 17.7. The number of carbonyl (C=O) groups excluding carboxylic acids is 1. The van der Waals surface area contributed by atoms with Gasteiger partial charge < -0.3 is 19.0 Å². The molecule has 0 aliphatic carbocycles. The number of likely N-dealkylation sites (tertiary alicyclic amines) is 1. The third kappa shape index (κ3) is 4.19. The van der Waals surface area contributed by atoms with E-state index < -0.39 is 0 Å². The van der Waals surface area contributed by atoms with Crippen LogP contribution in [0.15, 0.2) is 34.7 Å². The van der Waals surface area contributed by atoms with Crippen LogP contribution in [0.25, 0.3) is 11.0 Å². The van der Waals surface area contributed by atoms with Crippen molar-refractivity contribution >= 4 is 16.9 Å². The molecule has 2 aliphatic rings. The molecule has 4 rings (SSSR count). The largest absolute Gasteiger partial charge is 0.451 e. The molecule has 2 aliphatic heterocycles. The fourth-order valence-electron chi connectivity index (χ4n) is 4.37. The van der Waals surface area contributed by atoms with Crippen molar-refractivity contribution in [1.82, 2.24) is 9.80 Å². The Labute approximate surface area is 161 Å². The summed E-state index contributed by atoms with van der Waals surface area (Å²) in [5, 5.41) is 0.973. The number of hydrogen-bond donors (Lipinski definition) is 0. The fourth-order valence-corrected chi connectivity index (χ4v) is 4.37. The van der Waals surface area contributed by atoms with Crippen molar-refractivity contribution in [2.24, 2.45) is 5.92 Å². The van der Waals surface area contributed by atoms with E-state index in [9.17, 15) is 4.79 Å². The van der Waals surface area contributed by atoms with Crippen molar-refractivity contribution in [3.05, 3.63) is 36.1 Å². The zero-order valence-corrected chi connectivity index (χ0v) is 16.2. The number of ether oxygens (including phenoxy) is 1. The molecule has 0 N–H and O–H groups in total. The van der Waals surface area contributed by atoms with Gasteiger partial charge in [0.2, 0.25) is 0 Å². The summed E-state index contributed by atoms with van der Waals surface area (Å²) >= 11 is 0. The van der Waals surface area contributed by atoms with Crippen LogP contribution in [-0.2, 0) is 4.74 Å². The molecule has 2 atom stereocenters. The van der Waals surface area contributed by atoms with Gasteiger partial charge in [0.15, 0.2) is 5.76 Å². The van der Waals surface area contributed by atoms with Gasteiger partial charge in [-0.05, 0) is 58.0 Å². The zero-order valence-electron chi connectivity index (χ0n) is 16.2. The third-order valence-corrected chi connectivity index (χ3v) is 6.14. The monoisotopic (exact) mass is 370 g/mol. The molecule has 0 spiro atoms. The number of nitrogens with zero attached hydrogens (tertiary/aromatic N) is 2. The molecule has 1 amide bonds. The molecule has 146 valence electrons. The number of rotatable bonds is 4. The molecule has 0 bridgehead atoms. The maximum absolute atomic E-state index is 13.2. The maximum atomic E-state index is 13.2. The second-order valence-corrected chi connectivity index (χ2v) is 7.91. The van der Waals surface area contributed by atoms with Gasteiger partial charge in [0.05, 0.1) is 13.2 Å². The van der Waals surface area contributed by atoms with Gasteiger partial charge in [0, 0.05) is 23.9 Å². The Bertz CT molecular complexity index is 733. The summed E-state index contributed by atoms with van der Waals surface area (Å²) in [6.07, 6.45) is 5.06. The Morgan fingerprint density at radius 2 is 1.96 bits per heavy atom. The molecule has 2 fully saturated rings. The highest BCUT2D eigenvalue weighted by Crippen LogP contribution is 2.25. The van der Waals surface area contributed by atoms with Gasteiger partial charge in [0.25, 0.3) is 5.91 Å². The number of amides is 1. The first kappa shape index (κ1) is 18.5. The van der Waals surface area contributed by atoms with Gasteiger partial charge in [0.1, 0.15) is 5.58 Å². The van der Waals surface area contributed by atoms with E-state index in [-0.39, 0.29) is 11.9 Å². The second-order valence-electron chi connectivity index (χ2n) is 7.91. The van der Waals surface area contributed by atoms with Crippen molar-refractivity contribution in [3.63, 3.8) is 0 Å². The number of furan rings is 1. The molecule has 0 unspecified atom stereocenters. The molecule has 1 aromatic carbocycles. The van der Waals surface area contributed by atoms with Crippen molar-refractivity contribution in [1.29, 1.82) is 0 Å². The van der Waals surface area contributed by atoms with Crippen LogP contribution in [-0.4, -0.2) is 61.1 Å². The number of piperidine rings is 1. The minimum Gasteiger partial charge on any atom is -0.451 e. The minimum atomic E-state index is -0.0211. The van der Waals surface area contributed by atoms with E-state index in [0.29, 0.717) is 24.8 Å². The van der Waals surface area contributed by atoms with Crippen LogP contribution < -0.4 is 0 Å². The van der Waals surface area contributed by atoms with Crippen LogP contribution in [0.2, 0.25) is 0 Å². The summed E-state index contributed by atoms with van der Waals surface area (Å²) in [7, 11) is 0. The number of para-hydroxylation sites is 1. The fraction of sp³-hybridized carbons (Fsp3) is 0.591. The molecular weight excluding hydrogens is 340 g/mol. The zero-order chi connectivity index (χ0) is 18.6. The standard InChI is InChI=1S/C22H30N2O3/c1-17-19(9-12-23-10-5-2-6-11-23)16-26-14-13-24(17)22(25)21-15-18-7-3-4-8-20(18)27-21/h3-4,7-8,15,17,19H,2,5-6,9-14,16H2,1H3/t17-,19+/m1/s1. The van der Waals surface area contributed by atoms with E-state index in [4.69, 9.17) is 9.15 Å². The molecule has 0 saturated carbocycles. The molecule has 2 aromatic rings. The highest BCUT2D eigenvalue weighted by Gasteiger charge is 2.32. The van der Waals surface area contributed by atoms with Crippen molar-refractivity contribution in [2.45, 2.75) is 38.6 Å². The summed E-state index contributed by atoms with van der Waals surface area (Å²) in [5.41, 5.74) is 0.765. The predicted octanol–water partition coefficient (Wildman–Crippen LogP) is 3.79. The van der Waals surface area contributed by atoms with Crippen molar-refractivity contribution in [3.8, 4) is 0 Å². The van der Waals surface area contributed by atoms with E-state index >= 15 is 0 Å². The molecule has 1 aromatic heterocycles. The highest BCUT2D eigenvalue weighted by molar-refractivity contribution is 5.96. The number of hydrogen-bond acceptors (Lipinski definition) is 4. The van der Waals surface area contributed by atoms with Crippen molar-refractivity contribution < 1.29 is 13.9 Å². The van der Waals surface area contributed by atoms with E-state index in [2.05, 4.69) is 11.8 Å². The maximum Gasteiger partial charge on any atom is 0.289 e. The Balaban J connectivity index is 1.44. The summed E-state index contributed by atoms with van der Waals surface area (Å²) in [6.45, 7) is 7.64. The highest BCUT2D eigenvalue weighted by atomic mass is 16.5. The SMILES string of the molecule is C[C@@H]1[C@@H](CCN2CCCCC2)COCCN1C(=O)c1cc2ccccc2o1. The van der Waals surface area contributed by atoms with Gasteiger partial charge in [-0.3, -0.25) is 4.79 Å². The molecule has 27 heavy (non-hydrogen) atoms. The molecular formula is C22H30N2O3. The first-order valence-electron chi connectivity index (χ1n) is 10.3. The van der Waals surface area contributed by atoms with E-state index in [1.54, 1.807) is 0 Å². The second kappa shape index (κ2) is 8.44. The predicted molar refractivity (Wildman–Crippen MR) is 106 cm³/mol. The molecule has 0 radical (unpaired) electrons. The summed E-state index contributed by atoms with van der Waals surface area (Å²) in [5.74, 6) is 0.773. The van der Waals surface area contributed by atoms with Crippen molar-refractivity contribution in [2.75, 3.05) is 39.4 Å². The summed E-state index contributed by atoms with van der Waals surface area (Å²) in [6, 6.07) is 9.79. The first-order chi connectivity index (χ1) is 13.2. The normalized spacial score (nSPS) is 24.9. The topological polar surface area (TPSA) is 45.9 Å². The average Bonchev–Trinajstić information content (AvgIpc) is 3.05. The lowest BCUT2D eigenvalue weighted by Crippen LogP contribution is -2.44. The average molecular weight is 370 g/mol. The molecule has 5 heteroatoms. The Hall–Kier alpha value is -1.85. The van der Waals surface area contributed by atoms with Crippen LogP contribution >= 0.6 is 0 Å². The molecule has 5 nitrogen and oxygen atoms in total.